The summed E-state index contributed by atoms with van der Waals surface area (Å²) in [7, 11) is 1.66. The summed E-state index contributed by atoms with van der Waals surface area (Å²) in [5.74, 6) is 2.85. The number of allylic oxidation sites excluding steroid dienone is 1. The van der Waals surface area contributed by atoms with Crippen LogP contribution >= 0.6 is 0 Å². The van der Waals surface area contributed by atoms with Gasteiger partial charge in [0.05, 0.1) is 0 Å². The molecule has 0 heterocycles. The van der Waals surface area contributed by atoms with Crippen molar-refractivity contribution in [3.8, 4) is 0 Å². The van der Waals surface area contributed by atoms with Crippen molar-refractivity contribution in [2.75, 3.05) is 7.11 Å². The molecule has 4 aliphatic rings. The highest BCUT2D eigenvalue weighted by atomic mass is 16.5. The molecule has 1 unspecified atom stereocenters. The molecule has 0 aromatic heterocycles. The van der Waals surface area contributed by atoms with Crippen LogP contribution < -0.4 is 0 Å². The summed E-state index contributed by atoms with van der Waals surface area (Å²) in [5, 5.41) is 0. The van der Waals surface area contributed by atoms with Gasteiger partial charge in [-0.05, 0) is 86.5 Å². The number of hydrogen-bond donors (Lipinski definition) is 0. The first-order chi connectivity index (χ1) is 11.8. The predicted octanol–water partition coefficient (Wildman–Crippen LogP) is 4.35. The normalized spacial score (nSPS) is 49.0. The number of ketones is 2. The van der Waals surface area contributed by atoms with Gasteiger partial charge in [0.15, 0.2) is 5.78 Å². The van der Waals surface area contributed by atoms with E-state index in [2.05, 4.69) is 13.8 Å². The van der Waals surface area contributed by atoms with Gasteiger partial charge >= 0.3 is 0 Å². The summed E-state index contributed by atoms with van der Waals surface area (Å²) in [6.07, 6.45) is 9.39. The second-order valence-corrected chi connectivity index (χ2v) is 9.62. The zero-order valence-corrected chi connectivity index (χ0v) is 16.1. The molecule has 25 heavy (non-hydrogen) atoms. The molecule has 3 heteroatoms. The van der Waals surface area contributed by atoms with E-state index in [0.29, 0.717) is 23.5 Å². The summed E-state index contributed by atoms with van der Waals surface area (Å²) in [5.41, 5.74) is 1.68. The molecule has 0 aromatic rings. The van der Waals surface area contributed by atoms with Crippen molar-refractivity contribution < 1.29 is 14.3 Å². The lowest BCUT2D eigenvalue weighted by Gasteiger charge is -2.58. The van der Waals surface area contributed by atoms with Crippen molar-refractivity contribution in [3.63, 3.8) is 0 Å². The fourth-order valence-electron chi connectivity index (χ4n) is 7.46. The van der Waals surface area contributed by atoms with Gasteiger partial charge in [0.2, 0.25) is 0 Å². The van der Waals surface area contributed by atoms with Gasteiger partial charge in [0.1, 0.15) is 11.9 Å². The Hall–Kier alpha value is -0.960. The molecule has 0 amide bonds. The van der Waals surface area contributed by atoms with E-state index in [1.807, 2.05) is 6.08 Å². The molecule has 7 atom stereocenters. The molecule has 0 aromatic carbocycles. The minimum absolute atomic E-state index is 0.104. The van der Waals surface area contributed by atoms with Crippen molar-refractivity contribution in [2.45, 2.75) is 71.8 Å². The summed E-state index contributed by atoms with van der Waals surface area (Å²) in [4.78, 5) is 24.5. The lowest BCUT2D eigenvalue weighted by atomic mass is 9.46. The summed E-state index contributed by atoms with van der Waals surface area (Å²) in [6.45, 7) is 6.57. The van der Waals surface area contributed by atoms with E-state index in [1.165, 1.54) is 24.8 Å². The Morgan fingerprint density at radius 2 is 1.92 bits per heavy atom. The van der Waals surface area contributed by atoms with Crippen molar-refractivity contribution in [3.05, 3.63) is 11.6 Å². The van der Waals surface area contributed by atoms with Crippen molar-refractivity contribution in [2.24, 2.45) is 34.5 Å². The quantitative estimate of drug-likeness (QED) is 0.748. The molecule has 0 radical (unpaired) electrons. The molecule has 138 valence electrons. The van der Waals surface area contributed by atoms with Crippen molar-refractivity contribution in [1.29, 1.82) is 0 Å². The van der Waals surface area contributed by atoms with E-state index in [9.17, 15) is 9.59 Å². The topological polar surface area (TPSA) is 43.4 Å². The number of fused-ring (bicyclic) bond motifs is 5. The molecule has 0 saturated heterocycles. The minimum Gasteiger partial charge on any atom is -0.373 e. The number of carbonyl (C=O) groups excluding carboxylic acids is 2. The van der Waals surface area contributed by atoms with Crippen LogP contribution in [0.2, 0.25) is 0 Å². The Labute approximate surface area is 151 Å². The first-order valence-corrected chi connectivity index (χ1v) is 10.1. The third-order valence-electron chi connectivity index (χ3n) is 8.75. The van der Waals surface area contributed by atoms with E-state index in [4.69, 9.17) is 4.74 Å². The van der Waals surface area contributed by atoms with Crippen molar-refractivity contribution in [1.82, 2.24) is 0 Å². The van der Waals surface area contributed by atoms with E-state index >= 15 is 0 Å². The highest BCUT2D eigenvalue weighted by Gasteiger charge is 2.60. The predicted molar refractivity (Wildman–Crippen MR) is 97.1 cm³/mol. The van der Waals surface area contributed by atoms with Crippen LogP contribution in [0.15, 0.2) is 11.6 Å². The second-order valence-electron chi connectivity index (χ2n) is 9.62. The first-order valence-electron chi connectivity index (χ1n) is 10.1. The van der Waals surface area contributed by atoms with Crippen LogP contribution in [0, 0.1) is 34.5 Å². The molecular weight excluding hydrogens is 312 g/mol. The lowest BCUT2D eigenvalue weighted by Crippen LogP contribution is -2.52. The number of methoxy groups -OCH3 is 1. The minimum atomic E-state index is -0.269. The fraction of sp³-hybridized carbons (Fsp3) is 0.818. The average molecular weight is 344 g/mol. The second kappa shape index (κ2) is 5.77. The standard InChI is InChI=1S/C22H32O3/c1-13(23)16-7-8-17-15-6-5-14-11-19(24)20(25-4)12-22(14,3)18(15)9-10-21(16,17)2/h11,15-18,20H,5-10,12H2,1-4H3/t15-,16+,17-,18-,20?,21+,22-/m0/s1. The number of Topliss-reactive ketones (excluding diaryl/α,β-unsaturated/α-hetero) is 1. The van der Waals surface area contributed by atoms with Crippen LogP contribution in [0.25, 0.3) is 0 Å². The molecule has 0 bridgehead atoms. The van der Waals surface area contributed by atoms with Crippen LogP contribution in [-0.2, 0) is 14.3 Å². The van der Waals surface area contributed by atoms with Crippen LogP contribution in [0.3, 0.4) is 0 Å². The van der Waals surface area contributed by atoms with Crippen LogP contribution in [-0.4, -0.2) is 24.8 Å². The molecule has 0 aliphatic heterocycles. The average Bonchev–Trinajstić information content (AvgIpc) is 2.92. The van der Waals surface area contributed by atoms with Gasteiger partial charge < -0.3 is 4.74 Å². The zero-order valence-electron chi connectivity index (χ0n) is 16.1. The Morgan fingerprint density at radius 1 is 1.16 bits per heavy atom. The third kappa shape index (κ3) is 2.34. The van der Waals surface area contributed by atoms with Crippen LogP contribution in [0.5, 0.6) is 0 Å². The SMILES string of the molecule is COC1C[C@@]2(C)C(=CC1=O)CC[C@H]1[C@@H]3CC[C@H](C(C)=O)[C@@]3(C)CC[C@@H]12. The van der Waals surface area contributed by atoms with E-state index in [-0.39, 0.29) is 28.6 Å². The summed E-state index contributed by atoms with van der Waals surface area (Å²) < 4.78 is 5.51. The molecule has 4 aliphatic carbocycles. The molecule has 3 nitrogen and oxygen atoms in total. The highest BCUT2D eigenvalue weighted by molar-refractivity contribution is 5.95. The summed E-state index contributed by atoms with van der Waals surface area (Å²) >= 11 is 0. The fourth-order valence-corrected chi connectivity index (χ4v) is 7.46. The molecule has 3 fully saturated rings. The molecule has 0 spiro atoms. The van der Waals surface area contributed by atoms with Gasteiger partial charge in [-0.1, -0.05) is 19.4 Å². The molecule has 0 N–H and O–H groups in total. The van der Waals surface area contributed by atoms with Gasteiger partial charge in [-0.3, -0.25) is 9.59 Å². The highest BCUT2D eigenvalue weighted by Crippen LogP contribution is 2.66. The zero-order chi connectivity index (χ0) is 18.0. The van der Waals surface area contributed by atoms with Crippen LogP contribution in [0.4, 0.5) is 0 Å². The molecule has 4 rings (SSSR count). The van der Waals surface area contributed by atoms with E-state index in [0.717, 1.165) is 25.7 Å². The largest absolute Gasteiger partial charge is 0.373 e. The van der Waals surface area contributed by atoms with E-state index < -0.39 is 0 Å². The van der Waals surface area contributed by atoms with Crippen LogP contribution in [0.1, 0.15) is 65.7 Å². The third-order valence-corrected chi connectivity index (χ3v) is 8.75. The monoisotopic (exact) mass is 344 g/mol. The Kier molecular flexibility index (Phi) is 4.03. The van der Waals surface area contributed by atoms with Crippen molar-refractivity contribution >= 4 is 11.6 Å². The number of hydrogen-bond acceptors (Lipinski definition) is 3. The summed E-state index contributed by atoms with van der Waals surface area (Å²) in [6, 6.07) is 0. The lowest BCUT2D eigenvalue weighted by molar-refractivity contribution is -0.133. The maximum atomic E-state index is 12.3. The number of carbonyl (C=O) groups is 2. The van der Waals surface area contributed by atoms with Gasteiger partial charge in [0.25, 0.3) is 0 Å². The maximum Gasteiger partial charge on any atom is 0.184 e. The van der Waals surface area contributed by atoms with Gasteiger partial charge in [0, 0.05) is 13.0 Å². The molecular formula is C22H32O3. The van der Waals surface area contributed by atoms with Gasteiger partial charge in [-0.15, -0.1) is 0 Å². The first kappa shape index (κ1) is 17.5. The maximum absolute atomic E-state index is 12.3. The Morgan fingerprint density at radius 3 is 2.60 bits per heavy atom. The number of rotatable bonds is 2. The Balaban J connectivity index is 1.67. The smallest absolute Gasteiger partial charge is 0.184 e. The molecule has 3 saturated carbocycles. The van der Waals surface area contributed by atoms with Gasteiger partial charge in [-0.2, -0.15) is 0 Å². The Bertz CT molecular complexity index is 635. The van der Waals surface area contributed by atoms with Gasteiger partial charge in [-0.25, -0.2) is 0 Å². The van der Waals surface area contributed by atoms with E-state index in [1.54, 1.807) is 14.0 Å². The number of ether oxygens (including phenoxy) is 1.